The summed E-state index contributed by atoms with van der Waals surface area (Å²) in [4.78, 5) is 0.348. The molecule has 1 saturated heterocycles. The van der Waals surface area contributed by atoms with Gasteiger partial charge in [-0.15, -0.1) is 0 Å². The molecule has 0 aromatic carbocycles. The maximum absolute atomic E-state index is 12.9. The molecule has 2 aliphatic rings. The third-order valence-corrected chi connectivity index (χ3v) is 6.51. The standard InChI is InChI=1S/C15H25N3O3S/c1-11-8-17(9-12(2)21-11)22(19,20)15-10-18(16-13(15)3)14-6-4-5-7-14/h10-12,14H,4-9H2,1-3H3. The predicted molar refractivity (Wildman–Crippen MR) is 83.2 cm³/mol. The SMILES string of the molecule is Cc1nn(C2CCCC2)cc1S(=O)(=O)N1CC(C)OC(C)C1. The van der Waals surface area contributed by atoms with E-state index in [0.717, 1.165) is 12.8 Å². The van der Waals surface area contributed by atoms with Crippen LogP contribution in [0.15, 0.2) is 11.1 Å². The second kappa shape index (κ2) is 5.94. The topological polar surface area (TPSA) is 64.4 Å². The van der Waals surface area contributed by atoms with Crippen molar-refractivity contribution in [3.63, 3.8) is 0 Å². The van der Waals surface area contributed by atoms with Crippen LogP contribution in [0.1, 0.15) is 51.3 Å². The van der Waals surface area contributed by atoms with E-state index in [1.54, 1.807) is 13.1 Å². The number of nitrogens with zero attached hydrogens (tertiary/aromatic N) is 3. The Balaban J connectivity index is 1.88. The highest BCUT2D eigenvalue weighted by Crippen LogP contribution is 2.31. The van der Waals surface area contributed by atoms with E-state index in [9.17, 15) is 8.42 Å². The molecule has 1 aliphatic heterocycles. The zero-order valence-corrected chi connectivity index (χ0v) is 14.3. The molecule has 2 unspecified atom stereocenters. The predicted octanol–water partition coefficient (Wildman–Crippen LogP) is 2.10. The lowest BCUT2D eigenvalue weighted by molar-refractivity contribution is -0.0441. The highest BCUT2D eigenvalue weighted by atomic mass is 32.2. The lowest BCUT2D eigenvalue weighted by Gasteiger charge is -2.34. The Kier molecular flexibility index (Phi) is 4.31. The van der Waals surface area contributed by atoms with Crippen molar-refractivity contribution < 1.29 is 13.2 Å². The average Bonchev–Trinajstić information content (AvgIpc) is 3.06. The zero-order valence-electron chi connectivity index (χ0n) is 13.5. The molecule has 124 valence electrons. The van der Waals surface area contributed by atoms with Crippen LogP contribution >= 0.6 is 0 Å². The Morgan fingerprint density at radius 2 is 1.77 bits per heavy atom. The summed E-state index contributed by atoms with van der Waals surface area (Å²) < 4.78 is 34.9. The van der Waals surface area contributed by atoms with Crippen LogP contribution in [0, 0.1) is 6.92 Å². The van der Waals surface area contributed by atoms with Gasteiger partial charge in [-0.25, -0.2) is 8.42 Å². The van der Waals surface area contributed by atoms with E-state index < -0.39 is 10.0 Å². The minimum Gasteiger partial charge on any atom is -0.373 e. The van der Waals surface area contributed by atoms with Gasteiger partial charge in [0, 0.05) is 19.3 Å². The molecule has 1 saturated carbocycles. The van der Waals surface area contributed by atoms with Gasteiger partial charge in [-0.2, -0.15) is 9.40 Å². The molecule has 0 bridgehead atoms. The third-order valence-electron chi connectivity index (χ3n) is 4.57. The summed E-state index contributed by atoms with van der Waals surface area (Å²) in [7, 11) is -3.50. The molecule has 1 aromatic heterocycles. The van der Waals surface area contributed by atoms with Crippen molar-refractivity contribution in [3.05, 3.63) is 11.9 Å². The highest BCUT2D eigenvalue weighted by Gasteiger charge is 2.34. The smallest absolute Gasteiger partial charge is 0.246 e. The quantitative estimate of drug-likeness (QED) is 0.853. The fourth-order valence-electron chi connectivity index (χ4n) is 3.54. The van der Waals surface area contributed by atoms with Gasteiger partial charge < -0.3 is 4.74 Å². The molecule has 2 fully saturated rings. The molecule has 7 heteroatoms. The lowest BCUT2D eigenvalue weighted by atomic mass is 10.3. The van der Waals surface area contributed by atoms with Crippen LogP contribution in [-0.4, -0.2) is 47.8 Å². The van der Waals surface area contributed by atoms with Crippen molar-refractivity contribution in [2.24, 2.45) is 0 Å². The monoisotopic (exact) mass is 327 g/mol. The van der Waals surface area contributed by atoms with Gasteiger partial charge in [0.2, 0.25) is 10.0 Å². The van der Waals surface area contributed by atoms with Gasteiger partial charge in [-0.3, -0.25) is 4.68 Å². The van der Waals surface area contributed by atoms with Crippen LogP contribution < -0.4 is 0 Å². The first kappa shape index (κ1) is 16.0. The summed E-state index contributed by atoms with van der Waals surface area (Å²) >= 11 is 0. The molecular weight excluding hydrogens is 302 g/mol. The van der Waals surface area contributed by atoms with Gasteiger partial charge in [-0.05, 0) is 33.6 Å². The second-order valence-electron chi connectivity index (χ2n) is 6.58. The first-order valence-electron chi connectivity index (χ1n) is 8.09. The summed E-state index contributed by atoms with van der Waals surface area (Å²) in [5.41, 5.74) is 0.596. The van der Waals surface area contributed by atoms with Crippen LogP contribution in [0.25, 0.3) is 0 Å². The number of rotatable bonds is 3. The van der Waals surface area contributed by atoms with E-state index in [1.807, 2.05) is 18.5 Å². The van der Waals surface area contributed by atoms with Gasteiger partial charge in [0.25, 0.3) is 0 Å². The van der Waals surface area contributed by atoms with Gasteiger partial charge >= 0.3 is 0 Å². The molecule has 0 spiro atoms. The van der Waals surface area contributed by atoms with Gasteiger partial charge in [0.15, 0.2) is 0 Å². The number of morpholine rings is 1. The normalized spacial score (nSPS) is 28.3. The number of aromatic nitrogens is 2. The molecular formula is C15H25N3O3S. The highest BCUT2D eigenvalue weighted by molar-refractivity contribution is 7.89. The summed E-state index contributed by atoms with van der Waals surface area (Å²) in [6.45, 7) is 6.41. The van der Waals surface area contributed by atoms with Crippen LogP contribution in [0.3, 0.4) is 0 Å². The molecule has 3 rings (SSSR count). The zero-order chi connectivity index (χ0) is 15.9. The van der Waals surface area contributed by atoms with Crippen LogP contribution in [0.2, 0.25) is 0 Å². The maximum atomic E-state index is 12.9. The Morgan fingerprint density at radius 3 is 2.36 bits per heavy atom. The number of hydrogen-bond donors (Lipinski definition) is 0. The van der Waals surface area contributed by atoms with Crippen molar-refractivity contribution in [1.82, 2.24) is 14.1 Å². The summed E-state index contributed by atoms with van der Waals surface area (Å²) in [5.74, 6) is 0. The Bertz CT molecular complexity index is 624. The van der Waals surface area contributed by atoms with E-state index >= 15 is 0 Å². The number of sulfonamides is 1. The van der Waals surface area contributed by atoms with Gasteiger partial charge in [0.05, 0.1) is 23.9 Å². The van der Waals surface area contributed by atoms with Crippen molar-refractivity contribution in [2.45, 2.75) is 69.6 Å². The molecule has 6 nitrogen and oxygen atoms in total. The molecule has 2 atom stereocenters. The number of aryl methyl sites for hydroxylation is 1. The molecule has 0 N–H and O–H groups in total. The molecule has 1 aromatic rings. The minimum absolute atomic E-state index is 0.0799. The van der Waals surface area contributed by atoms with Crippen molar-refractivity contribution in [2.75, 3.05) is 13.1 Å². The molecule has 22 heavy (non-hydrogen) atoms. The van der Waals surface area contributed by atoms with E-state index in [-0.39, 0.29) is 12.2 Å². The van der Waals surface area contributed by atoms with E-state index in [1.165, 1.54) is 17.1 Å². The van der Waals surface area contributed by atoms with Crippen molar-refractivity contribution >= 4 is 10.0 Å². The largest absolute Gasteiger partial charge is 0.373 e. The van der Waals surface area contributed by atoms with Crippen molar-refractivity contribution in [1.29, 1.82) is 0 Å². The Morgan fingerprint density at radius 1 is 1.18 bits per heavy atom. The first-order chi connectivity index (χ1) is 10.4. The molecule has 2 heterocycles. The summed E-state index contributed by atoms with van der Waals surface area (Å²) in [5, 5.41) is 4.47. The van der Waals surface area contributed by atoms with E-state index in [4.69, 9.17) is 4.74 Å². The minimum atomic E-state index is -3.50. The summed E-state index contributed by atoms with van der Waals surface area (Å²) in [6.07, 6.45) is 6.14. The molecule has 1 aliphatic carbocycles. The number of ether oxygens (including phenoxy) is 1. The lowest BCUT2D eigenvalue weighted by Crippen LogP contribution is -2.48. The van der Waals surface area contributed by atoms with Crippen LogP contribution in [0.5, 0.6) is 0 Å². The molecule has 0 amide bonds. The second-order valence-corrected chi connectivity index (χ2v) is 8.48. The van der Waals surface area contributed by atoms with Crippen molar-refractivity contribution in [3.8, 4) is 0 Å². The fourth-order valence-corrected chi connectivity index (χ4v) is 5.29. The Labute approximate surface area is 132 Å². The van der Waals surface area contributed by atoms with Crippen LogP contribution in [0.4, 0.5) is 0 Å². The maximum Gasteiger partial charge on any atom is 0.246 e. The molecule has 0 radical (unpaired) electrons. The fraction of sp³-hybridized carbons (Fsp3) is 0.800. The third kappa shape index (κ3) is 2.94. The van der Waals surface area contributed by atoms with Gasteiger partial charge in [0.1, 0.15) is 4.90 Å². The van der Waals surface area contributed by atoms with E-state index in [2.05, 4.69) is 5.10 Å². The van der Waals surface area contributed by atoms with Gasteiger partial charge in [-0.1, -0.05) is 12.8 Å². The van der Waals surface area contributed by atoms with E-state index in [0.29, 0.717) is 29.7 Å². The van der Waals surface area contributed by atoms with Crippen LogP contribution in [-0.2, 0) is 14.8 Å². The Hall–Kier alpha value is -0.920. The average molecular weight is 327 g/mol. The summed E-state index contributed by atoms with van der Waals surface area (Å²) in [6, 6.07) is 0.352. The number of hydrogen-bond acceptors (Lipinski definition) is 4. The first-order valence-corrected chi connectivity index (χ1v) is 9.53.